The predicted molar refractivity (Wildman–Crippen MR) is 132 cm³/mol. The number of alkyl halides is 21. The lowest BCUT2D eigenvalue weighted by molar-refractivity contribution is -0.928. The van der Waals surface area contributed by atoms with Gasteiger partial charge in [-0.15, -0.1) is 0 Å². The largest absolute Gasteiger partial charge is 0.460 e. The Hall–Kier alpha value is -1.60. The van der Waals surface area contributed by atoms with Crippen LogP contribution in [0.1, 0.15) is 66.2 Å². The van der Waals surface area contributed by atoms with Crippen molar-refractivity contribution in [2.45, 2.75) is 125 Å². The summed E-state index contributed by atoms with van der Waals surface area (Å²) in [6.45, 7) is 14.9. The molecule has 0 amide bonds. The van der Waals surface area contributed by atoms with Gasteiger partial charge in [-0.25, -0.2) is 0 Å². The number of hydrogen-bond acceptors (Lipinski definition) is 2. The molecule has 0 saturated heterocycles. The van der Waals surface area contributed by atoms with E-state index in [4.69, 9.17) is 4.55 Å². The van der Waals surface area contributed by atoms with Crippen LogP contribution in [0.3, 0.4) is 0 Å². The second kappa shape index (κ2) is 15.8. The van der Waals surface area contributed by atoms with Crippen LogP contribution in [0.4, 0.5) is 92.2 Å². The summed E-state index contributed by atoms with van der Waals surface area (Å²) in [4.78, 5) is 0. The Morgan fingerprint density at radius 3 is 0.880 bits per heavy atom. The van der Waals surface area contributed by atoms with Gasteiger partial charge in [0.05, 0.1) is 26.2 Å². The Kier molecular flexibility index (Phi) is 15.9. The highest BCUT2D eigenvalue weighted by Gasteiger charge is 2.98. The van der Waals surface area contributed by atoms with E-state index in [1.807, 2.05) is 0 Å². The third-order valence-corrected chi connectivity index (χ3v) is 8.04. The van der Waals surface area contributed by atoms with Gasteiger partial charge >= 0.3 is 68.9 Å². The third-order valence-electron chi connectivity index (χ3n) is 7.14. The van der Waals surface area contributed by atoms with Crippen LogP contribution in [0.5, 0.6) is 0 Å². The smallest absolute Gasteiger partial charge is 0.324 e. The minimum atomic E-state index is -9.38. The molecule has 0 aliphatic carbocycles. The summed E-state index contributed by atoms with van der Waals surface area (Å²) in [5.41, 5.74) is 0. The van der Waals surface area contributed by atoms with E-state index in [1.54, 1.807) is 0 Å². The normalized spacial score (nSPS) is 15.6. The number of nitrogens with zero attached hydrogens (tertiary/aromatic N) is 1. The van der Waals surface area contributed by atoms with E-state index in [2.05, 4.69) is 27.7 Å². The molecule has 0 heterocycles. The molecule has 26 heteroatoms. The molecule has 0 radical (unpaired) electrons. The van der Waals surface area contributed by atoms with Gasteiger partial charge in [0.2, 0.25) is 0 Å². The SMILES string of the molecule is CCCCC[N+](CCC)(CCC)CCC.O=S(=O)(O)C(F)(F)C(F)(F)C(F)(F)C(F)(F)C(F)(F)C(F)(F)C(F)(F)C(F)(F)C(F)(F)C(F)(F)F. The van der Waals surface area contributed by atoms with Crippen LogP contribution in [-0.4, -0.2) is 102 Å². The second-order valence-electron chi connectivity index (χ2n) is 11.0. The molecule has 50 heavy (non-hydrogen) atoms. The van der Waals surface area contributed by atoms with E-state index in [1.165, 1.54) is 69.2 Å². The van der Waals surface area contributed by atoms with E-state index < -0.39 is 68.9 Å². The van der Waals surface area contributed by atoms with Crippen molar-refractivity contribution in [1.82, 2.24) is 0 Å². The van der Waals surface area contributed by atoms with Crippen molar-refractivity contribution < 1.29 is 110 Å². The molecule has 0 aromatic carbocycles. The van der Waals surface area contributed by atoms with E-state index in [-0.39, 0.29) is 0 Å². The van der Waals surface area contributed by atoms with Crippen molar-refractivity contribution in [3.05, 3.63) is 0 Å². The quantitative estimate of drug-likeness (QED) is 0.0612. The average Bonchev–Trinajstić information content (AvgIpc) is 2.92. The first-order valence-corrected chi connectivity index (χ1v) is 15.5. The van der Waals surface area contributed by atoms with Crippen LogP contribution >= 0.6 is 0 Å². The number of hydrogen-bond donors (Lipinski definition) is 1. The van der Waals surface area contributed by atoms with Gasteiger partial charge < -0.3 is 4.48 Å². The van der Waals surface area contributed by atoms with Crippen LogP contribution in [0, 0.1) is 0 Å². The van der Waals surface area contributed by atoms with Crippen LogP contribution in [0.25, 0.3) is 0 Å². The highest BCUT2D eigenvalue weighted by molar-refractivity contribution is 7.87. The highest BCUT2D eigenvalue weighted by Crippen LogP contribution is 2.66. The van der Waals surface area contributed by atoms with Crippen molar-refractivity contribution in [3.63, 3.8) is 0 Å². The topological polar surface area (TPSA) is 54.4 Å². The maximum absolute atomic E-state index is 13.3. The fourth-order valence-corrected chi connectivity index (χ4v) is 4.95. The Balaban J connectivity index is 0. The van der Waals surface area contributed by atoms with Gasteiger partial charge in [0.1, 0.15) is 0 Å². The number of unbranched alkanes of at least 4 members (excludes halogenated alkanes) is 2. The van der Waals surface area contributed by atoms with Crippen LogP contribution in [-0.2, 0) is 10.1 Å². The highest BCUT2D eigenvalue weighted by atomic mass is 32.2. The Labute approximate surface area is 271 Å². The van der Waals surface area contributed by atoms with Crippen molar-refractivity contribution in [2.24, 2.45) is 0 Å². The van der Waals surface area contributed by atoms with Crippen LogP contribution in [0.15, 0.2) is 0 Å². The first-order chi connectivity index (χ1) is 21.7. The zero-order chi connectivity index (χ0) is 41.1. The van der Waals surface area contributed by atoms with Gasteiger partial charge in [0.25, 0.3) is 0 Å². The van der Waals surface area contributed by atoms with Gasteiger partial charge in [-0.05, 0) is 32.1 Å². The molecule has 0 bridgehead atoms. The monoisotopic (exact) mass is 814 g/mol. The number of halogens is 21. The lowest BCUT2D eigenvalue weighted by atomic mass is 9.87. The van der Waals surface area contributed by atoms with Crippen molar-refractivity contribution in [1.29, 1.82) is 0 Å². The minimum Gasteiger partial charge on any atom is -0.324 e. The molecule has 0 aliphatic heterocycles. The lowest BCUT2D eigenvalue weighted by Crippen LogP contribution is -2.77. The first-order valence-electron chi connectivity index (χ1n) is 14.0. The van der Waals surface area contributed by atoms with Crippen molar-refractivity contribution >= 4 is 10.1 Å². The van der Waals surface area contributed by atoms with Crippen molar-refractivity contribution in [2.75, 3.05) is 26.2 Å². The first kappa shape index (κ1) is 50.5. The van der Waals surface area contributed by atoms with Gasteiger partial charge in [-0.1, -0.05) is 34.1 Å². The zero-order valence-corrected chi connectivity index (χ0v) is 26.9. The summed E-state index contributed by atoms with van der Waals surface area (Å²) in [6.07, 6.45) is 0.130. The summed E-state index contributed by atoms with van der Waals surface area (Å²) >= 11 is 0. The Morgan fingerprint density at radius 2 is 0.660 bits per heavy atom. The molecule has 0 rings (SSSR count). The lowest BCUT2D eigenvalue weighted by Gasteiger charge is -2.44. The third kappa shape index (κ3) is 8.45. The van der Waals surface area contributed by atoms with E-state index in [0.29, 0.717) is 0 Å². The summed E-state index contributed by atoms with van der Waals surface area (Å²) in [6, 6.07) is 0. The Bertz CT molecular complexity index is 1170. The fraction of sp³-hybridized carbons (Fsp3) is 1.00. The van der Waals surface area contributed by atoms with Crippen LogP contribution in [0.2, 0.25) is 0 Å². The molecule has 0 unspecified atom stereocenters. The molecule has 1 N–H and O–H groups in total. The molecular formula is C24H33F21NO3S+. The maximum atomic E-state index is 13.3. The minimum absolute atomic E-state index is 1.34. The zero-order valence-electron chi connectivity index (χ0n) is 26.1. The standard InChI is InChI=1S/C14H32N.C10HF21O3S/c1-5-9-10-14-15(11-6-2,12-7-3)13-8-4;11-1(12,3(15,16)5(19,20)7(23,24)9(27,28)29)2(13,14)4(17,18)6(21,22)8(25,26)10(30,31)35(32,33)34/h5-14H2,1-4H3;(H,32,33,34)/q+1;. The van der Waals surface area contributed by atoms with Gasteiger partial charge in [-0.2, -0.15) is 101 Å². The molecular weight excluding hydrogens is 781 g/mol. The van der Waals surface area contributed by atoms with E-state index in [0.717, 1.165) is 0 Å². The molecule has 0 saturated carbocycles. The number of rotatable bonds is 19. The van der Waals surface area contributed by atoms with Crippen LogP contribution < -0.4 is 0 Å². The van der Waals surface area contributed by atoms with Gasteiger partial charge in [-0.3, -0.25) is 4.55 Å². The molecule has 0 aliphatic rings. The molecule has 0 spiro atoms. The maximum Gasteiger partial charge on any atom is 0.460 e. The van der Waals surface area contributed by atoms with E-state index in [9.17, 15) is 101 Å². The van der Waals surface area contributed by atoms with E-state index >= 15 is 0 Å². The molecule has 4 nitrogen and oxygen atoms in total. The fourth-order valence-electron chi connectivity index (χ4n) is 4.50. The molecule has 0 aromatic heterocycles. The number of quaternary nitrogens is 1. The summed E-state index contributed by atoms with van der Waals surface area (Å²) in [5, 5.41) is -8.06. The summed E-state index contributed by atoms with van der Waals surface area (Å²) < 4.78 is 300. The summed E-state index contributed by atoms with van der Waals surface area (Å²) in [5.74, 6) is -72.6. The van der Waals surface area contributed by atoms with Gasteiger partial charge in [0.15, 0.2) is 0 Å². The van der Waals surface area contributed by atoms with Gasteiger partial charge in [0, 0.05) is 0 Å². The Morgan fingerprint density at radius 1 is 0.400 bits per heavy atom. The summed E-state index contributed by atoms with van der Waals surface area (Å²) in [7, 11) is -8.09. The molecule has 0 atom stereocenters. The average molecular weight is 815 g/mol. The molecule has 0 fully saturated rings. The molecule has 304 valence electrons. The second-order valence-corrected chi connectivity index (χ2v) is 12.5. The predicted octanol–water partition coefficient (Wildman–Crippen LogP) is 10.3. The van der Waals surface area contributed by atoms with Crippen molar-refractivity contribution in [3.8, 4) is 0 Å². The molecule has 0 aromatic rings.